The van der Waals surface area contributed by atoms with Gasteiger partial charge in [0.2, 0.25) is 0 Å². The number of carbonyl (C=O) groups is 2. The van der Waals surface area contributed by atoms with Gasteiger partial charge in [0.15, 0.2) is 0 Å². The maximum atomic E-state index is 11.6. The fourth-order valence-electron chi connectivity index (χ4n) is 1.97. The van der Waals surface area contributed by atoms with E-state index in [4.69, 9.17) is 5.11 Å². The molecule has 7 heteroatoms. The number of nitrogens with zero attached hydrogens (tertiary/aromatic N) is 2. The van der Waals surface area contributed by atoms with Crippen LogP contribution in [0.15, 0.2) is 0 Å². The van der Waals surface area contributed by atoms with Crippen LogP contribution >= 0.6 is 0 Å². The zero-order valence-corrected chi connectivity index (χ0v) is 10.6. The van der Waals surface area contributed by atoms with E-state index >= 15 is 0 Å². The number of carboxylic acid groups (broad SMARTS) is 1. The van der Waals surface area contributed by atoms with Crippen molar-refractivity contribution in [3.8, 4) is 0 Å². The van der Waals surface area contributed by atoms with Crippen LogP contribution in [0.3, 0.4) is 0 Å². The summed E-state index contributed by atoms with van der Waals surface area (Å²) in [6.45, 7) is 3.61. The fourth-order valence-corrected chi connectivity index (χ4v) is 1.97. The first-order valence-electron chi connectivity index (χ1n) is 6.23. The van der Waals surface area contributed by atoms with Crippen LogP contribution in [0.1, 0.15) is 12.8 Å². The van der Waals surface area contributed by atoms with Gasteiger partial charge in [-0.25, -0.2) is 9.80 Å². The summed E-state index contributed by atoms with van der Waals surface area (Å²) in [5.41, 5.74) is 2.03. The molecule has 0 radical (unpaired) electrons. The lowest BCUT2D eigenvalue weighted by molar-refractivity contribution is -0.143. The Kier molecular flexibility index (Phi) is 3.72. The molecule has 0 bridgehead atoms. The van der Waals surface area contributed by atoms with Crippen molar-refractivity contribution in [2.24, 2.45) is 5.41 Å². The first-order chi connectivity index (χ1) is 8.52. The second-order valence-corrected chi connectivity index (χ2v) is 5.17. The van der Waals surface area contributed by atoms with E-state index in [-0.39, 0.29) is 12.6 Å². The summed E-state index contributed by atoms with van der Waals surface area (Å²) in [6.07, 6.45) is 1.30. The van der Waals surface area contributed by atoms with Crippen LogP contribution in [0.4, 0.5) is 4.79 Å². The topological polar surface area (TPSA) is 84.9 Å². The molecule has 2 rings (SSSR count). The molecule has 2 fully saturated rings. The lowest BCUT2D eigenvalue weighted by Gasteiger charge is -2.32. The molecule has 0 aromatic carbocycles. The third-order valence-corrected chi connectivity index (χ3v) is 3.66. The predicted molar refractivity (Wildman–Crippen MR) is 64.9 cm³/mol. The minimum Gasteiger partial charge on any atom is -0.481 e. The Morgan fingerprint density at radius 1 is 1.22 bits per heavy atom. The molecule has 1 heterocycles. The number of hydrazine groups is 1. The van der Waals surface area contributed by atoms with Crippen molar-refractivity contribution in [1.29, 1.82) is 0 Å². The first-order valence-corrected chi connectivity index (χ1v) is 6.23. The van der Waals surface area contributed by atoms with E-state index in [1.165, 1.54) is 0 Å². The van der Waals surface area contributed by atoms with Gasteiger partial charge in [0.1, 0.15) is 0 Å². The number of amides is 2. The van der Waals surface area contributed by atoms with Crippen LogP contribution in [-0.2, 0) is 4.79 Å². The number of carbonyl (C=O) groups excluding carboxylic acids is 1. The molecule has 0 aromatic heterocycles. The van der Waals surface area contributed by atoms with Crippen LogP contribution in [0.2, 0.25) is 0 Å². The number of nitrogens with one attached hydrogen (secondary N) is 2. The average Bonchev–Trinajstić information content (AvgIpc) is 3.11. The van der Waals surface area contributed by atoms with Crippen molar-refractivity contribution in [2.75, 3.05) is 39.8 Å². The third kappa shape index (κ3) is 3.11. The minimum absolute atomic E-state index is 0.210. The van der Waals surface area contributed by atoms with Crippen LogP contribution in [0, 0.1) is 5.41 Å². The van der Waals surface area contributed by atoms with Gasteiger partial charge in [0.05, 0.1) is 5.41 Å². The lowest BCUT2D eigenvalue weighted by atomic mass is 10.1. The summed E-state index contributed by atoms with van der Waals surface area (Å²) in [4.78, 5) is 24.7. The minimum atomic E-state index is -0.817. The Morgan fingerprint density at radius 2 is 1.83 bits per heavy atom. The van der Waals surface area contributed by atoms with Gasteiger partial charge in [0.25, 0.3) is 0 Å². The van der Waals surface area contributed by atoms with Crippen LogP contribution in [0.25, 0.3) is 0 Å². The lowest BCUT2D eigenvalue weighted by Crippen LogP contribution is -2.55. The maximum Gasteiger partial charge on any atom is 0.329 e. The second kappa shape index (κ2) is 5.11. The average molecular weight is 256 g/mol. The SMILES string of the molecule is CN1CCN(NC(=O)NCC2(C(=O)O)CC2)CC1. The number of hydrogen-bond donors (Lipinski definition) is 3. The second-order valence-electron chi connectivity index (χ2n) is 5.17. The molecule has 0 unspecified atom stereocenters. The molecule has 1 aliphatic carbocycles. The van der Waals surface area contributed by atoms with E-state index in [1.54, 1.807) is 0 Å². The van der Waals surface area contributed by atoms with Crippen molar-refractivity contribution in [2.45, 2.75) is 12.8 Å². The van der Waals surface area contributed by atoms with Crippen molar-refractivity contribution in [3.05, 3.63) is 0 Å². The molecule has 1 saturated carbocycles. The van der Waals surface area contributed by atoms with Gasteiger partial charge in [-0.1, -0.05) is 0 Å². The first kappa shape index (κ1) is 13.1. The molecular weight excluding hydrogens is 236 g/mol. The van der Waals surface area contributed by atoms with Gasteiger partial charge in [-0.2, -0.15) is 0 Å². The largest absolute Gasteiger partial charge is 0.481 e. The monoisotopic (exact) mass is 256 g/mol. The Hall–Kier alpha value is -1.34. The molecule has 1 aliphatic heterocycles. The van der Waals surface area contributed by atoms with Crippen molar-refractivity contribution < 1.29 is 14.7 Å². The maximum absolute atomic E-state index is 11.6. The van der Waals surface area contributed by atoms with Crippen LogP contribution in [0.5, 0.6) is 0 Å². The Balaban J connectivity index is 1.68. The number of likely N-dealkylation sites (N-methyl/N-ethyl adjacent to an activating group) is 1. The Bertz CT molecular complexity index is 335. The molecule has 0 aromatic rings. The summed E-state index contributed by atoms with van der Waals surface area (Å²) >= 11 is 0. The van der Waals surface area contributed by atoms with Gasteiger partial charge < -0.3 is 15.3 Å². The van der Waals surface area contributed by atoms with E-state index in [0.717, 1.165) is 26.2 Å². The highest BCUT2D eigenvalue weighted by Crippen LogP contribution is 2.45. The van der Waals surface area contributed by atoms with Gasteiger partial charge >= 0.3 is 12.0 Å². The van der Waals surface area contributed by atoms with Crippen molar-refractivity contribution in [3.63, 3.8) is 0 Å². The van der Waals surface area contributed by atoms with Crippen LogP contribution < -0.4 is 10.7 Å². The predicted octanol–water partition coefficient (Wildman–Crippen LogP) is -0.687. The summed E-state index contributed by atoms with van der Waals surface area (Å²) in [7, 11) is 2.04. The molecule has 2 aliphatic rings. The Morgan fingerprint density at radius 3 is 2.33 bits per heavy atom. The Labute approximate surface area is 106 Å². The highest BCUT2D eigenvalue weighted by atomic mass is 16.4. The van der Waals surface area contributed by atoms with Gasteiger partial charge in [-0.05, 0) is 19.9 Å². The molecule has 18 heavy (non-hydrogen) atoms. The normalized spacial score (nSPS) is 23.4. The summed E-state index contributed by atoms with van der Waals surface area (Å²) < 4.78 is 0. The fraction of sp³-hybridized carbons (Fsp3) is 0.818. The summed E-state index contributed by atoms with van der Waals surface area (Å²) in [5, 5.41) is 13.5. The number of aliphatic carboxylic acids is 1. The molecule has 0 atom stereocenters. The van der Waals surface area contributed by atoms with Gasteiger partial charge in [-0.3, -0.25) is 10.2 Å². The standard InChI is InChI=1S/C11H20N4O3/c1-14-4-6-15(7-5-14)13-10(18)12-8-11(2-3-11)9(16)17/h2-8H2,1H3,(H,16,17)(H2,12,13,18). The molecule has 3 N–H and O–H groups in total. The van der Waals surface area contributed by atoms with Crippen LogP contribution in [-0.4, -0.2) is 66.8 Å². The number of piperazine rings is 1. The zero-order chi connectivity index (χ0) is 13.2. The van der Waals surface area contributed by atoms with E-state index in [9.17, 15) is 9.59 Å². The molecular formula is C11H20N4O3. The highest BCUT2D eigenvalue weighted by molar-refractivity contribution is 5.80. The molecule has 2 amide bonds. The van der Waals surface area contributed by atoms with Crippen molar-refractivity contribution >= 4 is 12.0 Å². The molecule has 0 spiro atoms. The zero-order valence-electron chi connectivity index (χ0n) is 10.6. The molecule has 1 saturated heterocycles. The highest BCUT2D eigenvalue weighted by Gasteiger charge is 2.50. The smallest absolute Gasteiger partial charge is 0.329 e. The van der Waals surface area contributed by atoms with E-state index in [1.807, 2.05) is 12.1 Å². The quantitative estimate of drug-likeness (QED) is 0.620. The number of urea groups is 1. The molecule has 102 valence electrons. The number of hydrogen-bond acceptors (Lipinski definition) is 4. The number of carboxylic acids is 1. The third-order valence-electron chi connectivity index (χ3n) is 3.66. The van der Waals surface area contributed by atoms with Crippen molar-refractivity contribution in [1.82, 2.24) is 20.7 Å². The summed E-state index contributed by atoms with van der Waals surface area (Å²) in [5.74, 6) is -0.817. The van der Waals surface area contributed by atoms with E-state index < -0.39 is 11.4 Å². The molecule has 7 nitrogen and oxygen atoms in total. The summed E-state index contributed by atoms with van der Waals surface area (Å²) in [6, 6.07) is -0.313. The van der Waals surface area contributed by atoms with E-state index in [0.29, 0.717) is 12.8 Å². The van der Waals surface area contributed by atoms with Gasteiger partial charge in [-0.15, -0.1) is 0 Å². The van der Waals surface area contributed by atoms with E-state index in [2.05, 4.69) is 15.6 Å². The number of rotatable bonds is 4. The van der Waals surface area contributed by atoms with Gasteiger partial charge in [0, 0.05) is 32.7 Å².